The number of likely N-dealkylation sites (tertiary alicyclic amines) is 1. The molecule has 0 aromatic rings. The number of hydrogen-bond donors (Lipinski definition) is 1. The molecule has 5 heteroatoms. The highest BCUT2D eigenvalue weighted by Gasteiger charge is 2.33. The van der Waals surface area contributed by atoms with Crippen molar-refractivity contribution < 1.29 is 4.79 Å². The van der Waals surface area contributed by atoms with Crippen LogP contribution in [-0.2, 0) is 4.79 Å². The van der Waals surface area contributed by atoms with Gasteiger partial charge in [-0.1, -0.05) is 38.5 Å². The zero-order chi connectivity index (χ0) is 16.1. The molecule has 2 aliphatic carbocycles. The molecule has 0 bridgehead atoms. The molecular formula is C19H36ClN3O. The van der Waals surface area contributed by atoms with Gasteiger partial charge in [-0.3, -0.25) is 9.69 Å². The minimum absolute atomic E-state index is 0. The summed E-state index contributed by atoms with van der Waals surface area (Å²) in [5, 5.41) is 0. The lowest BCUT2D eigenvalue weighted by molar-refractivity contribution is -0.139. The lowest BCUT2D eigenvalue weighted by Gasteiger charge is -2.43. The molecule has 1 aliphatic heterocycles. The molecule has 1 amide bonds. The largest absolute Gasteiger partial charge is 0.336 e. The molecule has 3 aliphatic rings. The molecule has 0 unspecified atom stereocenters. The van der Waals surface area contributed by atoms with E-state index in [1.165, 1.54) is 64.2 Å². The Kier molecular flexibility index (Phi) is 8.32. The number of hydrogen-bond acceptors (Lipinski definition) is 3. The number of rotatable bonds is 4. The van der Waals surface area contributed by atoms with E-state index in [4.69, 9.17) is 5.73 Å². The first-order valence-electron chi connectivity index (χ1n) is 10.0. The summed E-state index contributed by atoms with van der Waals surface area (Å²) < 4.78 is 0. The van der Waals surface area contributed by atoms with Gasteiger partial charge in [-0.05, 0) is 38.5 Å². The molecule has 0 aromatic carbocycles. The van der Waals surface area contributed by atoms with E-state index in [0.717, 1.165) is 25.9 Å². The van der Waals surface area contributed by atoms with Gasteiger partial charge in [-0.2, -0.15) is 0 Å². The van der Waals surface area contributed by atoms with Gasteiger partial charge in [0.05, 0.1) is 6.54 Å². The summed E-state index contributed by atoms with van der Waals surface area (Å²) in [7, 11) is 0. The Labute approximate surface area is 153 Å². The Morgan fingerprint density at radius 3 is 1.75 bits per heavy atom. The monoisotopic (exact) mass is 357 g/mol. The summed E-state index contributed by atoms with van der Waals surface area (Å²) in [5.74, 6) is 0.402. The van der Waals surface area contributed by atoms with E-state index < -0.39 is 0 Å². The fourth-order valence-corrected chi connectivity index (χ4v) is 4.81. The Morgan fingerprint density at radius 2 is 1.29 bits per heavy atom. The number of carbonyl (C=O) groups is 1. The summed E-state index contributed by atoms with van der Waals surface area (Å²) in [6, 6.07) is 1.38. The highest BCUT2D eigenvalue weighted by atomic mass is 35.5. The average molecular weight is 358 g/mol. The Bertz CT molecular complexity index is 355. The fraction of sp³-hybridized carbons (Fsp3) is 0.947. The van der Waals surface area contributed by atoms with Crippen LogP contribution in [0.15, 0.2) is 0 Å². The number of nitrogens with two attached hydrogens (primary N) is 1. The zero-order valence-corrected chi connectivity index (χ0v) is 15.9. The van der Waals surface area contributed by atoms with E-state index in [2.05, 4.69) is 9.80 Å². The van der Waals surface area contributed by atoms with Gasteiger partial charge in [-0.15, -0.1) is 12.4 Å². The van der Waals surface area contributed by atoms with Crippen molar-refractivity contribution in [2.24, 2.45) is 5.73 Å². The number of halogens is 1. The standard InChI is InChI=1S/C19H35N3O.ClH/c20-16-11-13-21(14-12-16)15-19(23)22(17-7-3-1-4-8-17)18-9-5-2-6-10-18;/h16-18H,1-15,20H2;1H. The van der Waals surface area contributed by atoms with Crippen LogP contribution in [0.2, 0.25) is 0 Å². The first kappa shape index (κ1) is 20.0. The van der Waals surface area contributed by atoms with Crippen LogP contribution < -0.4 is 5.73 Å². The highest BCUT2D eigenvalue weighted by Crippen LogP contribution is 2.30. The Morgan fingerprint density at radius 1 is 0.833 bits per heavy atom. The van der Waals surface area contributed by atoms with Crippen molar-refractivity contribution in [3.05, 3.63) is 0 Å². The summed E-state index contributed by atoms with van der Waals surface area (Å²) in [5.41, 5.74) is 6.00. The third-order valence-electron chi connectivity index (χ3n) is 6.22. The molecule has 140 valence electrons. The van der Waals surface area contributed by atoms with Crippen molar-refractivity contribution in [3.8, 4) is 0 Å². The van der Waals surface area contributed by atoms with E-state index in [0.29, 0.717) is 30.6 Å². The van der Waals surface area contributed by atoms with Crippen LogP contribution in [0.5, 0.6) is 0 Å². The van der Waals surface area contributed by atoms with E-state index in [1.54, 1.807) is 0 Å². The molecule has 0 spiro atoms. The minimum Gasteiger partial charge on any atom is -0.336 e. The van der Waals surface area contributed by atoms with Crippen molar-refractivity contribution in [2.75, 3.05) is 19.6 Å². The van der Waals surface area contributed by atoms with Crippen LogP contribution in [-0.4, -0.2) is 53.5 Å². The van der Waals surface area contributed by atoms with Gasteiger partial charge < -0.3 is 10.6 Å². The average Bonchev–Trinajstić information content (AvgIpc) is 2.59. The molecule has 24 heavy (non-hydrogen) atoms. The summed E-state index contributed by atoms with van der Waals surface area (Å²) in [4.78, 5) is 17.8. The molecule has 3 rings (SSSR count). The van der Waals surface area contributed by atoms with Crippen molar-refractivity contribution >= 4 is 18.3 Å². The first-order chi connectivity index (χ1) is 11.2. The van der Waals surface area contributed by atoms with Crippen LogP contribution in [0.3, 0.4) is 0 Å². The van der Waals surface area contributed by atoms with Gasteiger partial charge in [0, 0.05) is 31.2 Å². The number of amides is 1. The van der Waals surface area contributed by atoms with Crippen molar-refractivity contribution in [1.29, 1.82) is 0 Å². The van der Waals surface area contributed by atoms with Crippen LogP contribution in [0, 0.1) is 0 Å². The molecule has 2 N–H and O–H groups in total. The maximum Gasteiger partial charge on any atom is 0.237 e. The van der Waals surface area contributed by atoms with Crippen LogP contribution in [0.25, 0.3) is 0 Å². The normalized spacial score (nSPS) is 25.2. The Hall–Kier alpha value is -0.320. The topological polar surface area (TPSA) is 49.6 Å². The predicted molar refractivity (Wildman–Crippen MR) is 101 cm³/mol. The fourth-order valence-electron chi connectivity index (χ4n) is 4.81. The van der Waals surface area contributed by atoms with Gasteiger partial charge >= 0.3 is 0 Å². The Balaban J connectivity index is 0.00000208. The number of carbonyl (C=O) groups excluding carboxylic acids is 1. The van der Waals surface area contributed by atoms with Gasteiger partial charge in [-0.25, -0.2) is 0 Å². The number of piperidine rings is 1. The summed E-state index contributed by atoms with van der Waals surface area (Å²) in [6.45, 7) is 2.62. The second-order valence-electron chi connectivity index (χ2n) is 8.00. The molecule has 0 radical (unpaired) electrons. The summed E-state index contributed by atoms with van der Waals surface area (Å²) in [6.07, 6.45) is 14.9. The maximum absolute atomic E-state index is 13.1. The second kappa shape index (κ2) is 9.98. The third kappa shape index (κ3) is 5.34. The molecule has 0 atom stereocenters. The number of nitrogens with zero attached hydrogens (tertiary/aromatic N) is 2. The van der Waals surface area contributed by atoms with Crippen LogP contribution in [0.1, 0.15) is 77.0 Å². The third-order valence-corrected chi connectivity index (χ3v) is 6.22. The second-order valence-corrected chi connectivity index (χ2v) is 8.00. The van der Waals surface area contributed by atoms with Crippen LogP contribution >= 0.6 is 12.4 Å². The maximum atomic E-state index is 13.1. The SMILES string of the molecule is Cl.NC1CCN(CC(=O)N(C2CCCCC2)C2CCCCC2)CC1. The molecule has 1 saturated heterocycles. The van der Waals surface area contributed by atoms with Gasteiger partial charge in [0.2, 0.25) is 5.91 Å². The van der Waals surface area contributed by atoms with Gasteiger partial charge in [0.1, 0.15) is 0 Å². The molecule has 4 nitrogen and oxygen atoms in total. The predicted octanol–water partition coefficient (Wildman–Crippen LogP) is 3.33. The molecule has 2 saturated carbocycles. The van der Waals surface area contributed by atoms with Crippen molar-refractivity contribution in [2.45, 2.75) is 95.2 Å². The quantitative estimate of drug-likeness (QED) is 0.839. The van der Waals surface area contributed by atoms with Gasteiger partial charge in [0.25, 0.3) is 0 Å². The molecule has 3 fully saturated rings. The summed E-state index contributed by atoms with van der Waals surface area (Å²) >= 11 is 0. The first-order valence-corrected chi connectivity index (χ1v) is 10.0. The van der Waals surface area contributed by atoms with Crippen molar-refractivity contribution in [1.82, 2.24) is 9.80 Å². The van der Waals surface area contributed by atoms with E-state index >= 15 is 0 Å². The lowest BCUT2D eigenvalue weighted by atomic mass is 9.88. The van der Waals surface area contributed by atoms with E-state index in [9.17, 15) is 4.79 Å². The lowest BCUT2D eigenvalue weighted by Crippen LogP contribution is -2.53. The smallest absolute Gasteiger partial charge is 0.237 e. The molecule has 0 aromatic heterocycles. The molecule has 1 heterocycles. The zero-order valence-electron chi connectivity index (χ0n) is 15.1. The van der Waals surface area contributed by atoms with E-state index in [-0.39, 0.29) is 12.4 Å². The van der Waals surface area contributed by atoms with E-state index in [1.807, 2.05) is 0 Å². The molecular weight excluding hydrogens is 322 g/mol. The minimum atomic E-state index is 0. The van der Waals surface area contributed by atoms with Crippen molar-refractivity contribution in [3.63, 3.8) is 0 Å². The van der Waals surface area contributed by atoms with Gasteiger partial charge in [0.15, 0.2) is 0 Å². The van der Waals surface area contributed by atoms with Crippen LogP contribution in [0.4, 0.5) is 0 Å². The highest BCUT2D eigenvalue weighted by molar-refractivity contribution is 5.85.